The third-order valence-electron chi connectivity index (χ3n) is 4.58. The number of carbonyl (C=O) groups excluding carboxylic acids is 1. The Kier molecular flexibility index (Phi) is 5.98. The maximum absolute atomic E-state index is 14.4. The Morgan fingerprint density at radius 2 is 1.79 bits per heavy atom. The molecule has 0 saturated carbocycles. The Hall–Kier alpha value is -3.29. The molecule has 1 fully saturated rings. The van der Waals surface area contributed by atoms with Gasteiger partial charge in [0.05, 0.1) is 12.8 Å². The smallest absolute Gasteiger partial charge is 0.410 e. The predicted octanol–water partition coefficient (Wildman–Crippen LogP) is 2.99. The number of piperazine rings is 1. The summed E-state index contributed by atoms with van der Waals surface area (Å²) >= 11 is 0. The number of hydrogen-bond acceptors (Lipinski definition) is 5. The lowest BCUT2D eigenvalue weighted by Crippen LogP contribution is -2.49. The molecule has 1 N–H and O–H groups in total. The van der Waals surface area contributed by atoms with E-state index < -0.39 is 17.9 Å². The first-order chi connectivity index (χ1) is 13.5. The SMILES string of the molecule is COc1cc(N2CCN(C(=O)OCc3ccccc3)CC2)c(F)cc1C(=O)O. The molecule has 1 heterocycles. The van der Waals surface area contributed by atoms with Gasteiger partial charge in [-0.25, -0.2) is 14.0 Å². The Balaban J connectivity index is 1.60. The van der Waals surface area contributed by atoms with Gasteiger partial charge in [0.25, 0.3) is 0 Å². The number of aromatic carboxylic acids is 1. The summed E-state index contributed by atoms with van der Waals surface area (Å²) in [4.78, 5) is 26.7. The van der Waals surface area contributed by atoms with Crippen molar-refractivity contribution in [2.45, 2.75) is 6.61 Å². The lowest BCUT2D eigenvalue weighted by Gasteiger charge is -2.35. The molecule has 1 saturated heterocycles. The summed E-state index contributed by atoms with van der Waals surface area (Å²) in [7, 11) is 1.34. The Labute approximate surface area is 161 Å². The number of nitrogens with zero attached hydrogens (tertiary/aromatic N) is 2. The van der Waals surface area contributed by atoms with Crippen LogP contribution in [-0.2, 0) is 11.3 Å². The van der Waals surface area contributed by atoms with Gasteiger partial charge < -0.3 is 24.4 Å². The van der Waals surface area contributed by atoms with Crippen LogP contribution in [-0.4, -0.2) is 55.4 Å². The summed E-state index contributed by atoms with van der Waals surface area (Å²) in [5.41, 5.74) is 0.924. The molecule has 0 unspecified atom stereocenters. The molecule has 0 aromatic heterocycles. The number of halogens is 1. The average molecular weight is 388 g/mol. The van der Waals surface area contributed by atoms with Gasteiger partial charge in [-0.05, 0) is 11.6 Å². The minimum Gasteiger partial charge on any atom is -0.496 e. The summed E-state index contributed by atoms with van der Waals surface area (Å²) in [6, 6.07) is 11.7. The first kappa shape index (κ1) is 19.5. The normalized spacial score (nSPS) is 13.9. The van der Waals surface area contributed by atoms with E-state index in [2.05, 4.69) is 0 Å². The Morgan fingerprint density at radius 3 is 2.39 bits per heavy atom. The molecule has 2 aromatic carbocycles. The zero-order valence-electron chi connectivity index (χ0n) is 15.4. The van der Waals surface area contributed by atoms with Crippen molar-refractivity contribution in [3.63, 3.8) is 0 Å². The van der Waals surface area contributed by atoms with Gasteiger partial charge >= 0.3 is 12.1 Å². The van der Waals surface area contributed by atoms with E-state index in [0.29, 0.717) is 26.2 Å². The van der Waals surface area contributed by atoms with Crippen LogP contribution in [0.4, 0.5) is 14.9 Å². The molecule has 1 amide bonds. The highest BCUT2D eigenvalue weighted by Gasteiger charge is 2.25. The number of carbonyl (C=O) groups is 2. The summed E-state index contributed by atoms with van der Waals surface area (Å²) in [5, 5.41) is 9.13. The van der Waals surface area contributed by atoms with Crippen molar-refractivity contribution in [1.29, 1.82) is 0 Å². The molecule has 1 aliphatic rings. The molecule has 148 valence electrons. The van der Waals surface area contributed by atoms with E-state index in [-0.39, 0.29) is 23.6 Å². The number of benzene rings is 2. The van der Waals surface area contributed by atoms with Crippen molar-refractivity contribution in [3.05, 3.63) is 59.4 Å². The molecule has 1 aliphatic heterocycles. The van der Waals surface area contributed by atoms with E-state index in [1.165, 1.54) is 13.2 Å². The monoisotopic (exact) mass is 388 g/mol. The van der Waals surface area contributed by atoms with Gasteiger partial charge in [-0.2, -0.15) is 0 Å². The molecule has 28 heavy (non-hydrogen) atoms. The number of rotatable bonds is 5. The number of carboxylic acid groups (broad SMARTS) is 1. The molecule has 0 spiro atoms. The van der Waals surface area contributed by atoms with E-state index >= 15 is 0 Å². The maximum atomic E-state index is 14.4. The van der Waals surface area contributed by atoms with Crippen LogP contribution in [0.5, 0.6) is 5.75 Å². The summed E-state index contributed by atoms with van der Waals surface area (Å²) in [5.74, 6) is -1.81. The number of hydrogen-bond donors (Lipinski definition) is 1. The van der Waals surface area contributed by atoms with Crippen LogP contribution in [0.3, 0.4) is 0 Å². The van der Waals surface area contributed by atoms with Crippen LogP contribution >= 0.6 is 0 Å². The van der Waals surface area contributed by atoms with E-state index in [1.807, 2.05) is 30.3 Å². The molecule has 8 heteroatoms. The van der Waals surface area contributed by atoms with E-state index in [1.54, 1.807) is 9.80 Å². The van der Waals surface area contributed by atoms with Crippen LogP contribution in [0.15, 0.2) is 42.5 Å². The highest BCUT2D eigenvalue weighted by atomic mass is 19.1. The van der Waals surface area contributed by atoms with Crippen molar-refractivity contribution in [3.8, 4) is 5.75 Å². The van der Waals surface area contributed by atoms with Gasteiger partial charge in [0.2, 0.25) is 0 Å². The van der Waals surface area contributed by atoms with Crippen molar-refractivity contribution in [1.82, 2.24) is 4.90 Å². The topological polar surface area (TPSA) is 79.3 Å². The van der Waals surface area contributed by atoms with Crippen LogP contribution < -0.4 is 9.64 Å². The van der Waals surface area contributed by atoms with Crippen LogP contribution in [0, 0.1) is 5.82 Å². The Bertz CT molecular complexity index is 851. The van der Waals surface area contributed by atoms with Gasteiger partial charge in [-0.1, -0.05) is 30.3 Å². The van der Waals surface area contributed by atoms with Gasteiger partial charge in [-0.15, -0.1) is 0 Å². The molecule has 0 atom stereocenters. The summed E-state index contributed by atoms with van der Waals surface area (Å²) in [6.45, 7) is 1.73. The molecule has 0 bridgehead atoms. The van der Waals surface area contributed by atoms with Crippen LogP contribution in [0.2, 0.25) is 0 Å². The van der Waals surface area contributed by atoms with Crippen LogP contribution in [0.1, 0.15) is 15.9 Å². The number of methoxy groups -OCH3 is 1. The molecular weight excluding hydrogens is 367 g/mol. The minimum atomic E-state index is -1.26. The number of anilines is 1. The lowest BCUT2D eigenvalue weighted by atomic mass is 10.1. The fraction of sp³-hybridized carbons (Fsp3) is 0.300. The second-order valence-electron chi connectivity index (χ2n) is 6.32. The molecule has 2 aromatic rings. The zero-order chi connectivity index (χ0) is 20.1. The molecule has 7 nitrogen and oxygen atoms in total. The number of amides is 1. The largest absolute Gasteiger partial charge is 0.496 e. The number of carboxylic acids is 1. The molecule has 0 aliphatic carbocycles. The van der Waals surface area contributed by atoms with E-state index in [4.69, 9.17) is 14.6 Å². The zero-order valence-corrected chi connectivity index (χ0v) is 15.4. The highest BCUT2D eigenvalue weighted by molar-refractivity contribution is 5.91. The molecule has 0 radical (unpaired) electrons. The first-order valence-electron chi connectivity index (χ1n) is 8.81. The fourth-order valence-electron chi connectivity index (χ4n) is 3.06. The minimum absolute atomic E-state index is 0.0913. The van der Waals surface area contributed by atoms with Gasteiger partial charge in [0.1, 0.15) is 23.7 Å². The standard InChI is InChI=1S/C20H21FN2O5/c1-27-18-12-17(16(21)11-15(18)19(24)25)22-7-9-23(10-8-22)20(26)28-13-14-5-3-2-4-6-14/h2-6,11-12H,7-10,13H2,1H3,(H,24,25). The molecular formula is C20H21FN2O5. The highest BCUT2D eigenvalue weighted by Crippen LogP contribution is 2.30. The van der Waals surface area contributed by atoms with Gasteiger partial charge in [0.15, 0.2) is 0 Å². The average Bonchev–Trinajstić information content (AvgIpc) is 2.72. The maximum Gasteiger partial charge on any atom is 0.410 e. The second-order valence-corrected chi connectivity index (χ2v) is 6.32. The van der Waals surface area contributed by atoms with Gasteiger partial charge in [-0.3, -0.25) is 0 Å². The lowest BCUT2D eigenvalue weighted by molar-refractivity contribution is 0.0692. The van der Waals surface area contributed by atoms with Gasteiger partial charge in [0, 0.05) is 32.2 Å². The van der Waals surface area contributed by atoms with Crippen molar-refractivity contribution < 1.29 is 28.6 Å². The van der Waals surface area contributed by atoms with Crippen molar-refractivity contribution >= 4 is 17.7 Å². The first-order valence-corrected chi connectivity index (χ1v) is 8.81. The third-order valence-corrected chi connectivity index (χ3v) is 4.58. The van der Waals surface area contributed by atoms with Crippen molar-refractivity contribution in [2.75, 3.05) is 38.2 Å². The Morgan fingerprint density at radius 1 is 1.11 bits per heavy atom. The number of ether oxygens (including phenoxy) is 2. The summed E-state index contributed by atoms with van der Waals surface area (Å²) in [6.07, 6.45) is -0.414. The fourth-order valence-corrected chi connectivity index (χ4v) is 3.06. The second kappa shape index (κ2) is 8.60. The summed E-state index contributed by atoms with van der Waals surface area (Å²) < 4.78 is 24.8. The van der Waals surface area contributed by atoms with Crippen molar-refractivity contribution in [2.24, 2.45) is 0 Å². The predicted molar refractivity (Wildman–Crippen MR) is 100 cm³/mol. The quantitative estimate of drug-likeness (QED) is 0.848. The third kappa shape index (κ3) is 4.33. The van der Waals surface area contributed by atoms with E-state index in [9.17, 15) is 14.0 Å². The van der Waals surface area contributed by atoms with E-state index in [0.717, 1.165) is 11.6 Å². The van der Waals surface area contributed by atoms with Crippen LogP contribution in [0.25, 0.3) is 0 Å². The molecule has 3 rings (SSSR count).